The predicted molar refractivity (Wildman–Crippen MR) is 112 cm³/mol. The molecule has 2 N–H and O–H groups in total. The Bertz CT molecular complexity index is 1170. The van der Waals surface area contributed by atoms with E-state index < -0.39 is 5.92 Å². The number of nitrogens with one attached hydrogen (secondary N) is 2. The number of pyridine rings is 1. The molecule has 1 amide bonds. The summed E-state index contributed by atoms with van der Waals surface area (Å²) in [5, 5.41) is 15.5. The van der Waals surface area contributed by atoms with Crippen molar-refractivity contribution in [2.75, 3.05) is 17.2 Å². The van der Waals surface area contributed by atoms with Crippen LogP contribution in [0.3, 0.4) is 0 Å². The summed E-state index contributed by atoms with van der Waals surface area (Å²) in [4.78, 5) is 26.7. The number of nitrogens with zero attached hydrogens (tertiary/aromatic N) is 4. The monoisotopic (exact) mass is 396 g/mol. The fourth-order valence-corrected chi connectivity index (χ4v) is 4.23. The highest BCUT2D eigenvalue weighted by atomic mass is 16.2. The Morgan fingerprint density at radius 2 is 2.13 bits per heavy atom. The van der Waals surface area contributed by atoms with E-state index in [1.165, 1.54) is 0 Å². The molecule has 1 aliphatic heterocycles. The third kappa shape index (κ3) is 3.26. The van der Waals surface area contributed by atoms with Crippen LogP contribution in [0.25, 0.3) is 0 Å². The lowest BCUT2D eigenvalue weighted by atomic mass is 9.92. The molecule has 5 rings (SSSR count). The van der Waals surface area contributed by atoms with E-state index in [0.29, 0.717) is 18.1 Å². The van der Waals surface area contributed by atoms with Crippen molar-refractivity contribution in [3.8, 4) is 6.07 Å². The Morgan fingerprint density at radius 3 is 2.97 bits per heavy atom. The van der Waals surface area contributed by atoms with Gasteiger partial charge in [0, 0.05) is 36.2 Å². The molecule has 1 unspecified atom stereocenters. The van der Waals surface area contributed by atoms with E-state index in [1.54, 1.807) is 24.4 Å². The van der Waals surface area contributed by atoms with Crippen molar-refractivity contribution in [3.63, 3.8) is 0 Å². The number of nitriles is 1. The third-order valence-corrected chi connectivity index (χ3v) is 5.64. The largest absolute Gasteiger partial charge is 0.354 e. The van der Waals surface area contributed by atoms with Gasteiger partial charge in [0.15, 0.2) is 0 Å². The summed E-state index contributed by atoms with van der Waals surface area (Å²) in [7, 11) is 0. The highest BCUT2D eigenvalue weighted by Crippen LogP contribution is 2.40. The number of hydrogen-bond donors (Lipinski definition) is 2. The van der Waals surface area contributed by atoms with Crippen LogP contribution in [0.2, 0.25) is 0 Å². The maximum atomic E-state index is 12.9. The van der Waals surface area contributed by atoms with Gasteiger partial charge in [-0.25, -0.2) is 9.97 Å². The summed E-state index contributed by atoms with van der Waals surface area (Å²) < 4.78 is 0. The number of carbonyl (C=O) groups is 1. The lowest BCUT2D eigenvalue weighted by molar-refractivity contribution is -0.116. The standard InChI is InChI=1S/C23H20N6O/c24-13-14-7-8-19-17(12-14)20(22(30)27-19)21-16-5-3-6-18(16)28-23(29-21)26-11-9-15-4-1-2-10-25-15/h1-2,4,7-8,10,12,20H,3,5-6,9,11H2,(H,27,30)(H,26,28,29). The molecule has 2 aliphatic rings. The fraction of sp³-hybridized carbons (Fsp3) is 0.261. The lowest BCUT2D eigenvalue weighted by Gasteiger charge is -2.15. The smallest absolute Gasteiger partial charge is 0.238 e. The molecule has 7 heteroatoms. The quantitative estimate of drug-likeness (QED) is 0.687. The van der Waals surface area contributed by atoms with Gasteiger partial charge in [0.25, 0.3) is 0 Å². The van der Waals surface area contributed by atoms with Crippen LogP contribution < -0.4 is 10.6 Å². The molecule has 3 heterocycles. The number of carbonyl (C=O) groups excluding carboxylic acids is 1. The van der Waals surface area contributed by atoms with Gasteiger partial charge in [-0.05, 0) is 60.7 Å². The molecule has 7 nitrogen and oxygen atoms in total. The van der Waals surface area contributed by atoms with Gasteiger partial charge in [-0.2, -0.15) is 5.26 Å². The van der Waals surface area contributed by atoms with Crippen molar-refractivity contribution >= 4 is 17.5 Å². The molecular formula is C23H20N6O. The Morgan fingerprint density at radius 1 is 1.20 bits per heavy atom. The van der Waals surface area contributed by atoms with Crippen LogP contribution in [0.4, 0.5) is 11.6 Å². The molecule has 148 valence electrons. The maximum absolute atomic E-state index is 12.9. The molecule has 3 aromatic rings. The van der Waals surface area contributed by atoms with Crippen molar-refractivity contribution < 1.29 is 4.79 Å². The molecule has 30 heavy (non-hydrogen) atoms. The number of aromatic nitrogens is 3. The van der Waals surface area contributed by atoms with Crippen molar-refractivity contribution in [2.24, 2.45) is 0 Å². The Labute approximate surface area is 174 Å². The molecule has 1 atom stereocenters. The van der Waals surface area contributed by atoms with E-state index in [9.17, 15) is 10.1 Å². The average molecular weight is 396 g/mol. The Kier molecular flexibility index (Phi) is 4.60. The number of hydrogen-bond acceptors (Lipinski definition) is 6. The molecule has 1 aliphatic carbocycles. The predicted octanol–water partition coefficient (Wildman–Crippen LogP) is 2.97. The zero-order valence-corrected chi connectivity index (χ0v) is 16.4. The molecule has 0 bridgehead atoms. The topological polar surface area (TPSA) is 104 Å². The zero-order chi connectivity index (χ0) is 20.5. The lowest BCUT2D eigenvalue weighted by Crippen LogP contribution is -2.19. The van der Waals surface area contributed by atoms with Crippen LogP contribution in [0, 0.1) is 11.3 Å². The van der Waals surface area contributed by atoms with Gasteiger partial charge in [0.2, 0.25) is 11.9 Å². The van der Waals surface area contributed by atoms with E-state index in [-0.39, 0.29) is 5.91 Å². The third-order valence-electron chi connectivity index (χ3n) is 5.64. The molecule has 0 fully saturated rings. The van der Waals surface area contributed by atoms with Crippen molar-refractivity contribution in [2.45, 2.75) is 31.6 Å². The zero-order valence-electron chi connectivity index (χ0n) is 16.4. The van der Waals surface area contributed by atoms with Gasteiger partial charge in [-0.1, -0.05) is 6.07 Å². The number of fused-ring (bicyclic) bond motifs is 2. The summed E-state index contributed by atoms with van der Waals surface area (Å²) in [6, 6.07) is 13.3. The van der Waals surface area contributed by atoms with Gasteiger partial charge >= 0.3 is 0 Å². The summed E-state index contributed by atoms with van der Waals surface area (Å²) in [6.45, 7) is 0.654. The first kappa shape index (κ1) is 18.3. The number of anilines is 2. The number of aryl methyl sites for hydroxylation is 1. The van der Waals surface area contributed by atoms with Crippen LogP contribution in [0.5, 0.6) is 0 Å². The van der Waals surface area contributed by atoms with Gasteiger partial charge in [-0.15, -0.1) is 0 Å². The van der Waals surface area contributed by atoms with Crippen molar-refractivity contribution in [1.82, 2.24) is 15.0 Å². The second kappa shape index (κ2) is 7.56. The van der Waals surface area contributed by atoms with Crippen LogP contribution >= 0.6 is 0 Å². The summed E-state index contributed by atoms with van der Waals surface area (Å²) >= 11 is 0. The number of benzene rings is 1. The minimum atomic E-state index is -0.514. The molecule has 1 aromatic carbocycles. The SMILES string of the molecule is N#Cc1ccc2c(c1)C(c1nc(NCCc3ccccn3)nc3c1CCC3)C(=O)N2. The summed E-state index contributed by atoms with van der Waals surface area (Å²) in [5.41, 5.74) is 5.93. The number of amides is 1. The normalized spacial score (nSPS) is 16.5. The van der Waals surface area contributed by atoms with E-state index in [1.807, 2.05) is 18.2 Å². The average Bonchev–Trinajstić information content (AvgIpc) is 3.37. The van der Waals surface area contributed by atoms with Gasteiger partial charge in [0.1, 0.15) is 5.92 Å². The van der Waals surface area contributed by atoms with Crippen LogP contribution in [0.15, 0.2) is 42.6 Å². The van der Waals surface area contributed by atoms with E-state index >= 15 is 0 Å². The van der Waals surface area contributed by atoms with Gasteiger partial charge in [0.05, 0.1) is 17.3 Å². The molecular weight excluding hydrogens is 376 g/mol. The van der Waals surface area contributed by atoms with Crippen LogP contribution in [-0.4, -0.2) is 27.4 Å². The van der Waals surface area contributed by atoms with Crippen LogP contribution in [-0.2, 0) is 24.1 Å². The molecule has 2 aromatic heterocycles. The summed E-state index contributed by atoms with van der Waals surface area (Å²) in [6.07, 6.45) is 5.31. The van der Waals surface area contributed by atoms with Gasteiger partial charge < -0.3 is 10.6 Å². The van der Waals surface area contributed by atoms with E-state index in [4.69, 9.17) is 9.97 Å². The summed E-state index contributed by atoms with van der Waals surface area (Å²) in [5.74, 6) is -0.0777. The van der Waals surface area contributed by atoms with E-state index in [0.717, 1.165) is 59.6 Å². The van der Waals surface area contributed by atoms with E-state index in [2.05, 4.69) is 21.7 Å². The molecule has 0 radical (unpaired) electrons. The minimum Gasteiger partial charge on any atom is -0.354 e. The molecule has 0 saturated heterocycles. The Balaban J connectivity index is 1.47. The first-order valence-electron chi connectivity index (χ1n) is 10.1. The molecule has 0 saturated carbocycles. The Hall–Kier alpha value is -3.79. The number of rotatable bonds is 5. The second-order valence-electron chi connectivity index (χ2n) is 7.55. The first-order chi connectivity index (χ1) is 14.7. The first-order valence-corrected chi connectivity index (χ1v) is 10.1. The highest BCUT2D eigenvalue weighted by Gasteiger charge is 2.36. The van der Waals surface area contributed by atoms with Gasteiger partial charge in [-0.3, -0.25) is 9.78 Å². The van der Waals surface area contributed by atoms with Crippen LogP contribution in [0.1, 0.15) is 46.1 Å². The maximum Gasteiger partial charge on any atom is 0.238 e. The van der Waals surface area contributed by atoms with Crippen molar-refractivity contribution in [1.29, 1.82) is 5.26 Å². The fourth-order valence-electron chi connectivity index (χ4n) is 4.23. The van der Waals surface area contributed by atoms with Crippen molar-refractivity contribution in [3.05, 3.63) is 76.4 Å². The minimum absolute atomic E-state index is 0.104. The second-order valence-corrected chi connectivity index (χ2v) is 7.55. The highest BCUT2D eigenvalue weighted by molar-refractivity contribution is 6.05. The molecule has 0 spiro atoms.